The summed E-state index contributed by atoms with van der Waals surface area (Å²) < 4.78 is 6.39. The Hall–Kier alpha value is -2.27. The van der Waals surface area contributed by atoms with E-state index < -0.39 is 0 Å². The Labute approximate surface area is 147 Å². The molecule has 5 heteroatoms. The maximum atomic E-state index is 9.57. The van der Waals surface area contributed by atoms with Gasteiger partial charge in [-0.05, 0) is 49.7 Å². The third-order valence-electron chi connectivity index (χ3n) is 5.94. The molecular weight excluding hydrogens is 314 g/mol. The van der Waals surface area contributed by atoms with Gasteiger partial charge >= 0.3 is 0 Å². The highest BCUT2D eigenvalue weighted by Gasteiger charge is 2.52. The summed E-state index contributed by atoms with van der Waals surface area (Å²) in [6, 6.07) is 9.50. The molecule has 5 nitrogen and oxygen atoms in total. The Balaban J connectivity index is 1.32. The summed E-state index contributed by atoms with van der Waals surface area (Å²) in [5.41, 5.74) is 3.22. The lowest BCUT2D eigenvalue weighted by Gasteiger charge is -2.50. The predicted octanol–water partition coefficient (Wildman–Crippen LogP) is 2.80. The summed E-state index contributed by atoms with van der Waals surface area (Å²) >= 11 is 0. The Morgan fingerprint density at radius 3 is 2.92 bits per heavy atom. The molecular formula is C20H23N3O2. The molecule has 0 saturated carbocycles. The first-order valence-electron chi connectivity index (χ1n) is 9.12. The van der Waals surface area contributed by atoms with Gasteiger partial charge in [-0.3, -0.25) is 4.90 Å². The van der Waals surface area contributed by atoms with Crippen LogP contribution in [0.2, 0.25) is 0 Å². The van der Waals surface area contributed by atoms with E-state index in [1.807, 2.05) is 18.3 Å². The molecule has 4 aliphatic rings. The monoisotopic (exact) mass is 337 g/mol. The molecule has 0 aliphatic carbocycles. The van der Waals surface area contributed by atoms with Gasteiger partial charge in [0.25, 0.3) is 0 Å². The standard InChI is InChI=1S/C20H23N3O2/c24-18-3-1-2-14(8-18)11-21-17-9-15-10-20(25-19(15)22-12-17)13-23-6-4-16(20)5-7-23/h1-3,8-9,12,16,21,24H,4-7,10-11,13H2/t20-/m0/s1. The van der Waals surface area contributed by atoms with Crippen LogP contribution in [0.25, 0.3) is 0 Å². The van der Waals surface area contributed by atoms with E-state index in [1.54, 1.807) is 12.1 Å². The quantitative estimate of drug-likeness (QED) is 0.902. The second kappa shape index (κ2) is 5.63. The van der Waals surface area contributed by atoms with Gasteiger partial charge in [-0.2, -0.15) is 0 Å². The molecule has 1 aromatic heterocycles. The molecule has 3 fully saturated rings. The second-order valence-corrected chi connectivity index (χ2v) is 7.61. The largest absolute Gasteiger partial charge is 0.508 e. The number of ether oxygens (including phenoxy) is 1. The molecule has 4 aliphatic heterocycles. The number of anilines is 1. The lowest BCUT2D eigenvalue weighted by molar-refractivity contribution is -0.0814. The molecule has 25 heavy (non-hydrogen) atoms. The Bertz CT molecular complexity index is 801. The summed E-state index contributed by atoms with van der Waals surface area (Å²) in [5, 5.41) is 13.0. The molecule has 130 valence electrons. The van der Waals surface area contributed by atoms with E-state index in [4.69, 9.17) is 4.74 Å². The first kappa shape index (κ1) is 15.0. The van der Waals surface area contributed by atoms with E-state index in [0.29, 0.717) is 18.2 Å². The maximum absolute atomic E-state index is 9.57. The molecule has 0 radical (unpaired) electrons. The van der Waals surface area contributed by atoms with Crippen molar-refractivity contribution in [1.82, 2.24) is 9.88 Å². The van der Waals surface area contributed by atoms with Gasteiger partial charge in [0.1, 0.15) is 11.4 Å². The zero-order chi connectivity index (χ0) is 16.9. The van der Waals surface area contributed by atoms with Gasteiger partial charge in [-0.15, -0.1) is 0 Å². The van der Waals surface area contributed by atoms with Crippen molar-refractivity contribution in [1.29, 1.82) is 0 Å². The second-order valence-electron chi connectivity index (χ2n) is 7.61. The summed E-state index contributed by atoms with van der Waals surface area (Å²) in [4.78, 5) is 7.10. The van der Waals surface area contributed by atoms with Crippen LogP contribution >= 0.6 is 0 Å². The lowest BCUT2D eigenvalue weighted by atomic mass is 9.73. The highest BCUT2D eigenvalue weighted by Crippen LogP contribution is 2.46. The van der Waals surface area contributed by atoms with E-state index in [0.717, 1.165) is 30.1 Å². The van der Waals surface area contributed by atoms with Crippen LogP contribution in [0, 0.1) is 5.92 Å². The van der Waals surface area contributed by atoms with Gasteiger partial charge in [0, 0.05) is 31.0 Å². The Morgan fingerprint density at radius 1 is 1.28 bits per heavy atom. The molecule has 2 N–H and O–H groups in total. The van der Waals surface area contributed by atoms with Crippen LogP contribution in [-0.2, 0) is 13.0 Å². The molecule has 6 rings (SSSR count). The number of fused-ring (bicyclic) bond motifs is 3. The summed E-state index contributed by atoms with van der Waals surface area (Å²) in [6.07, 6.45) is 5.31. The van der Waals surface area contributed by atoms with Gasteiger partial charge in [0.05, 0.1) is 11.9 Å². The first-order chi connectivity index (χ1) is 12.2. The van der Waals surface area contributed by atoms with Crippen molar-refractivity contribution in [3.8, 4) is 11.6 Å². The van der Waals surface area contributed by atoms with Crippen LogP contribution in [0.15, 0.2) is 36.5 Å². The predicted molar refractivity (Wildman–Crippen MR) is 95.9 cm³/mol. The average molecular weight is 337 g/mol. The number of nitrogens with zero attached hydrogens (tertiary/aromatic N) is 2. The fourth-order valence-electron chi connectivity index (χ4n) is 4.68. The Morgan fingerprint density at radius 2 is 2.16 bits per heavy atom. The Kier molecular flexibility index (Phi) is 3.38. The molecule has 1 spiro atoms. The van der Waals surface area contributed by atoms with Crippen molar-refractivity contribution in [2.24, 2.45) is 5.92 Å². The SMILES string of the molecule is Oc1cccc(CNc2cnc3c(c2)C[C@@]2(CN4CCC2CC4)O3)c1. The van der Waals surface area contributed by atoms with Crippen molar-refractivity contribution in [2.75, 3.05) is 25.0 Å². The number of pyridine rings is 1. The number of phenolic OH excluding ortho intramolecular Hbond substituents is 1. The van der Waals surface area contributed by atoms with Crippen LogP contribution in [0.3, 0.4) is 0 Å². The number of rotatable bonds is 3. The number of phenols is 1. The zero-order valence-corrected chi connectivity index (χ0v) is 14.2. The molecule has 5 heterocycles. The number of piperidine rings is 3. The van der Waals surface area contributed by atoms with Crippen LogP contribution in [0.1, 0.15) is 24.0 Å². The minimum Gasteiger partial charge on any atom is -0.508 e. The topological polar surface area (TPSA) is 57.6 Å². The molecule has 1 aromatic carbocycles. The van der Waals surface area contributed by atoms with Gasteiger partial charge in [-0.1, -0.05) is 12.1 Å². The van der Waals surface area contributed by atoms with Gasteiger partial charge in [-0.25, -0.2) is 4.98 Å². The van der Waals surface area contributed by atoms with E-state index >= 15 is 0 Å². The molecule has 0 unspecified atom stereocenters. The molecule has 2 bridgehead atoms. The van der Waals surface area contributed by atoms with E-state index in [1.165, 1.54) is 31.5 Å². The minimum atomic E-state index is -0.0460. The summed E-state index contributed by atoms with van der Waals surface area (Å²) in [5.74, 6) is 1.77. The fraction of sp³-hybridized carbons (Fsp3) is 0.450. The highest BCUT2D eigenvalue weighted by molar-refractivity contribution is 5.49. The molecule has 1 atom stereocenters. The van der Waals surface area contributed by atoms with Crippen molar-refractivity contribution in [2.45, 2.75) is 31.4 Å². The summed E-state index contributed by atoms with van der Waals surface area (Å²) in [6.45, 7) is 4.14. The van der Waals surface area contributed by atoms with E-state index in [9.17, 15) is 5.11 Å². The third kappa shape index (κ3) is 2.63. The van der Waals surface area contributed by atoms with Crippen molar-refractivity contribution in [3.63, 3.8) is 0 Å². The van der Waals surface area contributed by atoms with E-state index in [2.05, 4.69) is 21.3 Å². The number of hydrogen-bond donors (Lipinski definition) is 2. The number of nitrogens with one attached hydrogen (secondary N) is 1. The highest BCUT2D eigenvalue weighted by atomic mass is 16.5. The van der Waals surface area contributed by atoms with Crippen LogP contribution < -0.4 is 10.1 Å². The van der Waals surface area contributed by atoms with Crippen LogP contribution in [-0.4, -0.2) is 40.2 Å². The molecule has 0 amide bonds. The normalized spacial score (nSPS) is 29.4. The van der Waals surface area contributed by atoms with Crippen molar-refractivity contribution >= 4 is 5.69 Å². The van der Waals surface area contributed by atoms with Crippen LogP contribution in [0.4, 0.5) is 5.69 Å². The van der Waals surface area contributed by atoms with Gasteiger partial charge in [0.2, 0.25) is 5.88 Å². The minimum absolute atomic E-state index is 0.0460. The number of aromatic nitrogens is 1. The third-order valence-corrected chi connectivity index (χ3v) is 5.94. The van der Waals surface area contributed by atoms with Crippen molar-refractivity contribution < 1.29 is 9.84 Å². The number of benzene rings is 1. The average Bonchev–Trinajstić information content (AvgIpc) is 2.97. The van der Waals surface area contributed by atoms with E-state index in [-0.39, 0.29) is 5.60 Å². The van der Waals surface area contributed by atoms with Gasteiger partial charge < -0.3 is 15.2 Å². The smallest absolute Gasteiger partial charge is 0.217 e. The number of hydrogen-bond acceptors (Lipinski definition) is 5. The lowest BCUT2D eigenvalue weighted by Crippen LogP contribution is -2.61. The van der Waals surface area contributed by atoms with Crippen molar-refractivity contribution in [3.05, 3.63) is 47.7 Å². The molecule has 2 aromatic rings. The fourth-order valence-corrected chi connectivity index (χ4v) is 4.68. The zero-order valence-electron chi connectivity index (χ0n) is 14.2. The first-order valence-corrected chi connectivity index (χ1v) is 9.12. The maximum Gasteiger partial charge on any atom is 0.217 e. The molecule has 3 saturated heterocycles. The number of aromatic hydroxyl groups is 1. The summed E-state index contributed by atoms with van der Waals surface area (Å²) in [7, 11) is 0. The van der Waals surface area contributed by atoms with Crippen LogP contribution in [0.5, 0.6) is 11.6 Å². The van der Waals surface area contributed by atoms with Gasteiger partial charge in [0.15, 0.2) is 0 Å².